The molecule has 0 saturated heterocycles. The highest BCUT2D eigenvalue weighted by atomic mass is 79.9. The summed E-state index contributed by atoms with van der Waals surface area (Å²) in [5, 5.41) is 0.507. The number of halogens is 2. The summed E-state index contributed by atoms with van der Waals surface area (Å²) < 4.78 is 69.7. The fourth-order valence-corrected chi connectivity index (χ4v) is 8.95. The lowest BCUT2D eigenvalue weighted by molar-refractivity contribution is 0.229. The molecule has 14 heteroatoms. The van der Waals surface area contributed by atoms with Crippen LogP contribution in [0.15, 0.2) is 89.4 Å². The third-order valence-corrected chi connectivity index (χ3v) is 11.8. The standard InChI is InChI=1S/C22H31O5P.C18H21BrO2.C4H10ClO3P/c1-7-24-28(23,25-8-2)21-15-10-9-12-18(21)22-19(26-16(3)4)13-11-14-20(22)27-17(5)6;1-12(2)20-16-10-7-11-17(21-13(3)4)18(16)14-8-5-6-9-15(14)19;1-3-7-9(5,6)8-4-2/h9-17H,7-8H2,1-6H3;5-13H,1-4H3;3-4H2,1-2H3. The van der Waals surface area contributed by atoms with Crippen LogP contribution in [0, 0.1) is 0 Å². The molecule has 0 heterocycles. The average molecular weight is 928 g/mol. The Bertz CT molecular complexity index is 1840. The molecule has 0 fully saturated rings. The van der Waals surface area contributed by atoms with Gasteiger partial charge in [-0.15, -0.1) is 0 Å². The van der Waals surface area contributed by atoms with E-state index >= 15 is 0 Å². The Hall–Kier alpha value is -2.85. The van der Waals surface area contributed by atoms with E-state index in [2.05, 4.69) is 31.0 Å². The number of hydrogen-bond acceptors (Lipinski definition) is 10. The normalized spacial score (nSPS) is 11.6. The molecule has 4 aromatic carbocycles. The van der Waals surface area contributed by atoms with E-state index in [1.807, 2.05) is 128 Å². The molecular formula is C44H62BrClO10P2. The van der Waals surface area contributed by atoms with Crippen LogP contribution in [-0.2, 0) is 27.2 Å². The Morgan fingerprint density at radius 3 is 1.16 bits per heavy atom. The van der Waals surface area contributed by atoms with Crippen molar-refractivity contribution in [2.75, 3.05) is 26.4 Å². The lowest BCUT2D eigenvalue weighted by atomic mass is 10.0. The van der Waals surface area contributed by atoms with Crippen molar-refractivity contribution in [3.8, 4) is 45.3 Å². The maximum absolute atomic E-state index is 13.5. The zero-order chi connectivity index (χ0) is 43.5. The first kappa shape index (κ1) is 51.3. The van der Waals surface area contributed by atoms with E-state index in [4.69, 9.17) is 39.2 Å². The predicted molar refractivity (Wildman–Crippen MR) is 242 cm³/mol. The summed E-state index contributed by atoms with van der Waals surface area (Å²) in [6.07, 6.45) is 0.178. The second kappa shape index (κ2) is 25.7. The summed E-state index contributed by atoms with van der Waals surface area (Å²) in [6, 6.07) is 27.2. The monoisotopic (exact) mass is 926 g/mol. The van der Waals surface area contributed by atoms with Crippen LogP contribution >= 0.6 is 41.7 Å². The quantitative estimate of drug-likeness (QED) is 0.0844. The second-order valence-corrected chi connectivity index (χ2v) is 19.0. The van der Waals surface area contributed by atoms with Gasteiger partial charge in [0.25, 0.3) is 0 Å². The van der Waals surface area contributed by atoms with Gasteiger partial charge < -0.3 is 28.0 Å². The maximum atomic E-state index is 13.5. The SMILES string of the molecule is CC(C)Oc1cccc(OC(C)C)c1-c1ccccc1Br.CCOP(=O)(Cl)OCC.CCOP(=O)(OCC)c1ccccc1-c1c(OC(C)C)cccc1OC(C)C. The molecular weight excluding hydrogens is 866 g/mol. The molecule has 322 valence electrons. The van der Waals surface area contributed by atoms with Crippen molar-refractivity contribution >= 4 is 47.0 Å². The van der Waals surface area contributed by atoms with E-state index in [0.29, 0.717) is 30.0 Å². The first-order valence-electron chi connectivity index (χ1n) is 19.7. The highest BCUT2D eigenvalue weighted by Gasteiger charge is 2.32. The van der Waals surface area contributed by atoms with Crippen molar-refractivity contribution in [3.05, 3.63) is 89.4 Å². The number of benzene rings is 4. The van der Waals surface area contributed by atoms with E-state index in [1.165, 1.54) is 0 Å². The Labute approximate surface area is 360 Å². The van der Waals surface area contributed by atoms with Crippen LogP contribution in [0.2, 0.25) is 0 Å². The van der Waals surface area contributed by atoms with E-state index in [-0.39, 0.29) is 37.6 Å². The van der Waals surface area contributed by atoms with Gasteiger partial charge in [-0.1, -0.05) is 64.5 Å². The van der Waals surface area contributed by atoms with Gasteiger partial charge in [-0.25, -0.2) is 4.57 Å². The molecule has 0 aliphatic rings. The molecule has 0 bridgehead atoms. The van der Waals surface area contributed by atoms with E-state index in [1.54, 1.807) is 33.8 Å². The molecule has 58 heavy (non-hydrogen) atoms. The summed E-state index contributed by atoms with van der Waals surface area (Å²) in [5.41, 5.74) is 3.54. The molecule has 10 nitrogen and oxygen atoms in total. The van der Waals surface area contributed by atoms with Gasteiger partial charge in [-0.05, 0) is 119 Å². The zero-order valence-corrected chi connectivity index (χ0v) is 40.1. The summed E-state index contributed by atoms with van der Waals surface area (Å²) in [7, 11) is -3.49. The topological polar surface area (TPSA) is 108 Å². The highest BCUT2D eigenvalue weighted by molar-refractivity contribution is 9.10. The highest BCUT2D eigenvalue weighted by Crippen LogP contribution is 2.53. The maximum Gasteiger partial charge on any atom is 0.424 e. The van der Waals surface area contributed by atoms with Crippen LogP contribution in [0.25, 0.3) is 22.3 Å². The fraction of sp³-hybridized carbons (Fsp3) is 0.455. The molecule has 0 spiro atoms. The molecule has 0 radical (unpaired) electrons. The van der Waals surface area contributed by atoms with Crippen LogP contribution < -0.4 is 24.3 Å². The summed E-state index contributed by atoms with van der Waals surface area (Å²) >= 11 is 8.87. The van der Waals surface area contributed by atoms with Crippen molar-refractivity contribution in [1.82, 2.24) is 0 Å². The van der Waals surface area contributed by atoms with Gasteiger partial charge in [-0.2, -0.15) is 0 Å². The smallest absolute Gasteiger partial charge is 0.424 e. The minimum absolute atomic E-state index is 0.0224. The minimum Gasteiger partial charge on any atom is -0.490 e. The Morgan fingerprint density at radius 1 is 0.483 bits per heavy atom. The van der Waals surface area contributed by atoms with Gasteiger partial charge in [0.15, 0.2) is 0 Å². The number of ether oxygens (including phenoxy) is 4. The zero-order valence-electron chi connectivity index (χ0n) is 36.0. The van der Waals surface area contributed by atoms with Gasteiger partial charge in [0.1, 0.15) is 23.0 Å². The summed E-state index contributed by atoms with van der Waals surface area (Å²) in [5.74, 6) is 3.02. The molecule has 4 aromatic rings. The van der Waals surface area contributed by atoms with E-state index in [9.17, 15) is 9.13 Å². The van der Waals surface area contributed by atoms with Crippen molar-refractivity contribution in [3.63, 3.8) is 0 Å². The van der Waals surface area contributed by atoms with Gasteiger partial charge in [-0.3, -0.25) is 13.6 Å². The third kappa shape index (κ3) is 16.7. The summed E-state index contributed by atoms with van der Waals surface area (Å²) in [6.45, 7) is 21.0. The van der Waals surface area contributed by atoms with Crippen LogP contribution in [0.1, 0.15) is 83.1 Å². The Morgan fingerprint density at radius 2 is 0.810 bits per heavy atom. The molecule has 0 aliphatic carbocycles. The molecule has 0 amide bonds. The molecule has 0 aromatic heterocycles. The van der Waals surface area contributed by atoms with E-state index in [0.717, 1.165) is 38.2 Å². The average Bonchev–Trinajstić information content (AvgIpc) is 3.12. The number of hydrogen-bond donors (Lipinski definition) is 0. The van der Waals surface area contributed by atoms with Gasteiger partial charge >= 0.3 is 14.5 Å². The molecule has 4 rings (SSSR count). The third-order valence-electron chi connectivity index (χ3n) is 7.20. The minimum atomic E-state index is -3.49. The van der Waals surface area contributed by atoms with Crippen LogP contribution in [0.5, 0.6) is 23.0 Å². The molecule has 0 saturated carbocycles. The van der Waals surface area contributed by atoms with Gasteiger partial charge in [0.2, 0.25) is 0 Å². The molecule has 0 unspecified atom stereocenters. The Kier molecular flexibility index (Phi) is 22.7. The lowest BCUT2D eigenvalue weighted by Crippen LogP contribution is -2.16. The lowest BCUT2D eigenvalue weighted by Gasteiger charge is -2.24. The predicted octanol–water partition coefficient (Wildman–Crippen LogP) is 13.9. The second-order valence-electron chi connectivity index (χ2n) is 13.5. The fourth-order valence-electron chi connectivity index (χ4n) is 5.41. The van der Waals surface area contributed by atoms with Crippen LogP contribution in [-0.4, -0.2) is 50.8 Å². The van der Waals surface area contributed by atoms with Crippen molar-refractivity contribution in [2.24, 2.45) is 0 Å². The van der Waals surface area contributed by atoms with Gasteiger partial charge in [0, 0.05) is 26.8 Å². The van der Waals surface area contributed by atoms with Crippen LogP contribution in [0.3, 0.4) is 0 Å². The van der Waals surface area contributed by atoms with Gasteiger partial charge in [0.05, 0.1) is 67.3 Å². The Balaban J connectivity index is 0.000000339. The van der Waals surface area contributed by atoms with E-state index < -0.39 is 14.5 Å². The molecule has 0 aliphatic heterocycles. The first-order valence-corrected chi connectivity index (χ1v) is 24.5. The van der Waals surface area contributed by atoms with Crippen molar-refractivity contribution in [2.45, 2.75) is 108 Å². The van der Waals surface area contributed by atoms with Crippen LogP contribution in [0.4, 0.5) is 0 Å². The van der Waals surface area contributed by atoms with Crippen molar-refractivity contribution in [1.29, 1.82) is 0 Å². The first-order chi connectivity index (χ1) is 27.4. The molecule has 0 N–H and O–H groups in total. The summed E-state index contributed by atoms with van der Waals surface area (Å²) in [4.78, 5) is 0. The van der Waals surface area contributed by atoms with Crippen molar-refractivity contribution < 1.29 is 46.2 Å². The number of rotatable bonds is 19. The molecule has 0 atom stereocenters. The largest absolute Gasteiger partial charge is 0.490 e.